The molecule has 0 bridgehead atoms. The predicted molar refractivity (Wildman–Crippen MR) is 130 cm³/mol. The second-order valence-electron chi connectivity index (χ2n) is 9.12. The van der Waals surface area contributed by atoms with Crippen LogP contribution in [-0.4, -0.2) is 74.3 Å². The topological polar surface area (TPSA) is 60.9 Å². The van der Waals surface area contributed by atoms with Crippen molar-refractivity contribution in [1.82, 2.24) is 14.7 Å². The Hall–Kier alpha value is -2.22. The largest absolute Gasteiger partial charge is 0.340 e. The SMILES string of the molecule is CCCN(CC)C1CCN(C(=O)CN2CCc3cc(S(=O)(=O)c4ccccc4)ccc3C2)C1. The van der Waals surface area contributed by atoms with Crippen LogP contribution in [0.5, 0.6) is 0 Å². The summed E-state index contributed by atoms with van der Waals surface area (Å²) in [5.41, 5.74) is 2.18. The Morgan fingerprint density at radius 3 is 2.55 bits per heavy atom. The number of likely N-dealkylation sites (N-methyl/N-ethyl adjacent to an activating group) is 1. The molecule has 0 aliphatic carbocycles. The maximum Gasteiger partial charge on any atom is 0.236 e. The van der Waals surface area contributed by atoms with Crippen LogP contribution in [0.4, 0.5) is 0 Å². The van der Waals surface area contributed by atoms with Gasteiger partial charge in [0.25, 0.3) is 0 Å². The lowest BCUT2D eigenvalue weighted by molar-refractivity contribution is -0.131. The van der Waals surface area contributed by atoms with Crippen LogP contribution < -0.4 is 0 Å². The van der Waals surface area contributed by atoms with Gasteiger partial charge in [0, 0.05) is 32.2 Å². The molecular formula is C26H35N3O3S. The molecule has 1 fully saturated rings. The minimum absolute atomic E-state index is 0.205. The monoisotopic (exact) mass is 469 g/mol. The van der Waals surface area contributed by atoms with E-state index >= 15 is 0 Å². The van der Waals surface area contributed by atoms with Crippen LogP contribution in [-0.2, 0) is 27.6 Å². The Morgan fingerprint density at radius 1 is 1.03 bits per heavy atom. The fourth-order valence-corrected chi connectivity index (χ4v) is 6.40. The van der Waals surface area contributed by atoms with Crippen LogP contribution in [0.15, 0.2) is 58.3 Å². The summed E-state index contributed by atoms with van der Waals surface area (Å²) in [4.78, 5) is 20.3. The average Bonchev–Trinajstić information content (AvgIpc) is 3.33. The van der Waals surface area contributed by atoms with Gasteiger partial charge < -0.3 is 4.90 Å². The average molecular weight is 470 g/mol. The molecule has 0 aromatic heterocycles. The first kappa shape index (κ1) is 23.9. The smallest absolute Gasteiger partial charge is 0.236 e. The first-order valence-corrected chi connectivity index (χ1v) is 13.6. The molecule has 0 spiro atoms. The minimum atomic E-state index is -3.51. The van der Waals surface area contributed by atoms with Gasteiger partial charge in [-0.1, -0.05) is 38.1 Å². The molecule has 1 amide bonds. The number of likely N-dealkylation sites (tertiary alicyclic amines) is 1. The second-order valence-corrected chi connectivity index (χ2v) is 11.1. The zero-order chi connectivity index (χ0) is 23.4. The maximum atomic E-state index is 13.0. The van der Waals surface area contributed by atoms with Gasteiger partial charge in [0.05, 0.1) is 16.3 Å². The number of amides is 1. The normalized spacial score (nSPS) is 19.1. The highest BCUT2D eigenvalue weighted by atomic mass is 32.2. The Morgan fingerprint density at radius 2 is 1.82 bits per heavy atom. The summed E-state index contributed by atoms with van der Waals surface area (Å²) in [5.74, 6) is 0.205. The second kappa shape index (κ2) is 10.4. The molecular weight excluding hydrogens is 434 g/mol. The quantitative estimate of drug-likeness (QED) is 0.594. The van der Waals surface area contributed by atoms with Gasteiger partial charge in [-0.3, -0.25) is 14.6 Å². The number of hydrogen-bond acceptors (Lipinski definition) is 5. The van der Waals surface area contributed by atoms with Gasteiger partial charge >= 0.3 is 0 Å². The van der Waals surface area contributed by atoms with E-state index in [0.717, 1.165) is 63.1 Å². The maximum absolute atomic E-state index is 13.0. The zero-order valence-electron chi connectivity index (χ0n) is 19.7. The molecule has 7 heteroatoms. The number of carbonyl (C=O) groups excluding carboxylic acids is 1. The van der Waals surface area contributed by atoms with Crippen LogP contribution in [0.1, 0.15) is 37.8 Å². The molecule has 178 valence electrons. The number of fused-ring (bicyclic) bond motifs is 1. The van der Waals surface area contributed by atoms with Crippen molar-refractivity contribution in [2.75, 3.05) is 39.3 Å². The first-order valence-electron chi connectivity index (χ1n) is 12.1. The third-order valence-electron chi connectivity index (χ3n) is 6.94. The van der Waals surface area contributed by atoms with Crippen LogP contribution in [0.3, 0.4) is 0 Å². The van der Waals surface area contributed by atoms with Crippen molar-refractivity contribution in [3.05, 3.63) is 59.7 Å². The predicted octanol–water partition coefficient (Wildman–Crippen LogP) is 3.21. The fourth-order valence-electron chi connectivity index (χ4n) is 5.07. The lowest BCUT2D eigenvalue weighted by atomic mass is 10.00. The number of sulfone groups is 1. The van der Waals surface area contributed by atoms with Gasteiger partial charge in [0.2, 0.25) is 15.7 Å². The summed E-state index contributed by atoms with van der Waals surface area (Å²) >= 11 is 0. The van der Waals surface area contributed by atoms with Crippen LogP contribution in [0.2, 0.25) is 0 Å². The Kier molecular flexibility index (Phi) is 7.51. The molecule has 2 aliphatic heterocycles. The van der Waals surface area contributed by atoms with Crippen molar-refractivity contribution in [2.45, 2.75) is 55.5 Å². The summed E-state index contributed by atoms with van der Waals surface area (Å²) < 4.78 is 25.9. The van der Waals surface area contributed by atoms with Crippen molar-refractivity contribution in [3.63, 3.8) is 0 Å². The van der Waals surface area contributed by atoms with Gasteiger partial charge in [-0.25, -0.2) is 8.42 Å². The molecule has 6 nitrogen and oxygen atoms in total. The number of rotatable bonds is 8. The third kappa shape index (κ3) is 5.31. The van der Waals surface area contributed by atoms with Crippen LogP contribution >= 0.6 is 0 Å². The van der Waals surface area contributed by atoms with Crippen molar-refractivity contribution in [1.29, 1.82) is 0 Å². The molecule has 0 N–H and O–H groups in total. The number of benzene rings is 2. The zero-order valence-corrected chi connectivity index (χ0v) is 20.6. The van der Waals surface area contributed by atoms with Crippen LogP contribution in [0.25, 0.3) is 0 Å². The lowest BCUT2D eigenvalue weighted by Gasteiger charge is -2.30. The summed E-state index contributed by atoms with van der Waals surface area (Å²) in [5, 5.41) is 0. The third-order valence-corrected chi connectivity index (χ3v) is 8.71. The van der Waals surface area contributed by atoms with E-state index in [1.165, 1.54) is 0 Å². The molecule has 0 radical (unpaired) electrons. The van der Waals surface area contributed by atoms with E-state index in [-0.39, 0.29) is 5.91 Å². The minimum Gasteiger partial charge on any atom is -0.340 e. The summed E-state index contributed by atoms with van der Waals surface area (Å²) in [6, 6.07) is 14.5. The van der Waals surface area contributed by atoms with E-state index in [1.807, 2.05) is 23.1 Å². The first-order chi connectivity index (χ1) is 15.9. The van der Waals surface area contributed by atoms with Gasteiger partial charge in [-0.15, -0.1) is 0 Å². The molecule has 1 unspecified atom stereocenters. The number of carbonyl (C=O) groups is 1. The summed E-state index contributed by atoms with van der Waals surface area (Å²) in [6.07, 6.45) is 2.95. The molecule has 1 saturated heterocycles. The standard InChI is InChI=1S/C26H35N3O3S/c1-3-14-28(4-2)23-13-16-29(19-23)26(30)20-27-15-12-21-17-25(11-10-22(21)18-27)33(31,32)24-8-6-5-7-9-24/h5-11,17,23H,3-4,12-16,18-20H2,1-2H3. The Bertz CT molecular complexity index is 1070. The molecule has 2 aromatic rings. The molecule has 2 heterocycles. The molecule has 1 atom stereocenters. The fraction of sp³-hybridized carbons (Fsp3) is 0.500. The number of hydrogen-bond donors (Lipinski definition) is 0. The van der Waals surface area contributed by atoms with Gasteiger partial charge in [0.15, 0.2) is 0 Å². The van der Waals surface area contributed by atoms with Crippen LogP contribution in [0, 0.1) is 0 Å². The van der Waals surface area contributed by atoms with Gasteiger partial charge in [-0.2, -0.15) is 0 Å². The van der Waals surface area contributed by atoms with E-state index in [1.54, 1.807) is 30.3 Å². The number of nitrogens with zero attached hydrogens (tertiary/aromatic N) is 3. The van der Waals surface area contributed by atoms with E-state index in [4.69, 9.17) is 0 Å². The van der Waals surface area contributed by atoms with E-state index in [0.29, 0.717) is 28.9 Å². The van der Waals surface area contributed by atoms with E-state index < -0.39 is 9.84 Å². The highest BCUT2D eigenvalue weighted by molar-refractivity contribution is 7.91. The van der Waals surface area contributed by atoms with E-state index in [9.17, 15) is 13.2 Å². The Labute approximate surface area is 198 Å². The Balaban J connectivity index is 1.37. The summed E-state index contributed by atoms with van der Waals surface area (Å²) in [7, 11) is -3.51. The molecule has 0 saturated carbocycles. The van der Waals surface area contributed by atoms with Gasteiger partial charge in [0.1, 0.15) is 0 Å². The lowest BCUT2D eigenvalue weighted by Crippen LogP contribution is -2.43. The van der Waals surface area contributed by atoms with Crippen molar-refractivity contribution in [2.24, 2.45) is 0 Å². The molecule has 2 aliphatic rings. The van der Waals surface area contributed by atoms with Crippen molar-refractivity contribution in [3.8, 4) is 0 Å². The van der Waals surface area contributed by atoms with Crippen molar-refractivity contribution < 1.29 is 13.2 Å². The highest BCUT2D eigenvalue weighted by Crippen LogP contribution is 2.26. The molecule has 4 rings (SSSR count). The van der Waals surface area contributed by atoms with E-state index in [2.05, 4.69) is 23.6 Å². The molecule has 2 aromatic carbocycles. The van der Waals surface area contributed by atoms with Gasteiger partial charge in [-0.05, 0) is 67.7 Å². The molecule has 33 heavy (non-hydrogen) atoms. The summed E-state index contributed by atoms with van der Waals surface area (Å²) in [6.45, 7) is 10.1. The highest BCUT2D eigenvalue weighted by Gasteiger charge is 2.31. The van der Waals surface area contributed by atoms with Crippen molar-refractivity contribution >= 4 is 15.7 Å².